The minimum Gasteiger partial charge on any atom is -0.352 e. The molecule has 0 bridgehead atoms. The summed E-state index contributed by atoms with van der Waals surface area (Å²) in [5.41, 5.74) is 2.11. The smallest absolute Gasteiger partial charge is 0.255 e. The summed E-state index contributed by atoms with van der Waals surface area (Å²) in [7, 11) is 0. The third-order valence-corrected chi connectivity index (χ3v) is 6.03. The van der Waals surface area contributed by atoms with Crippen molar-refractivity contribution in [2.45, 2.75) is 38.8 Å². The van der Waals surface area contributed by atoms with E-state index in [0.29, 0.717) is 28.7 Å². The number of nitriles is 1. The molecule has 1 saturated heterocycles. The van der Waals surface area contributed by atoms with Crippen LogP contribution in [0, 0.1) is 17.1 Å². The lowest BCUT2D eigenvalue weighted by Crippen LogP contribution is -2.37. The van der Waals surface area contributed by atoms with Gasteiger partial charge in [0.05, 0.1) is 46.4 Å². The molecule has 1 atom stereocenters. The molecule has 2 aliphatic rings. The van der Waals surface area contributed by atoms with Crippen LogP contribution in [0.25, 0.3) is 16.9 Å². The summed E-state index contributed by atoms with van der Waals surface area (Å²) in [5.74, 6) is 0.0841. The predicted octanol–water partition coefficient (Wildman–Crippen LogP) is 3.57. The zero-order valence-corrected chi connectivity index (χ0v) is 17.1. The van der Waals surface area contributed by atoms with Crippen molar-refractivity contribution >= 4 is 11.7 Å². The highest BCUT2D eigenvalue weighted by atomic mass is 19.1. The quantitative estimate of drug-likeness (QED) is 0.705. The van der Waals surface area contributed by atoms with Crippen molar-refractivity contribution < 1.29 is 9.18 Å². The van der Waals surface area contributed by atoms with Crippen LogP contribution in [0.4, 0.5) is 10.2 Å². The first-order valence-corrected chi connectivity index (χ1v) is 10.4. The standard InChI is InChI=1S/C23H21FN6O/c1-14-5-2-3-9-29(14)20-8-10-30(28-20)19-11-17(27-18-13-26-23(31)22(18)19)21-15(12-25)6-4-7-16(21)24/h4,6-8,10-11,14H,2-3,5,9,13H2,1H3,(H,26,31). The SMILES string of the molecule is CC1CCCCN1c1ccn(-c2cc(-c3c(F)cccc3C#N)nc3c2C(=O)NC3)n1. The Morgan fingerprint density at radius 3 is 2.94 bits per heavy atom. The molecule has 31 heavy (non-hydrogen) atoms. The Hall–Kier alpha value is -3.73. The normalized spacial score (nSPS) is 17.9. The Bertz CT molecular complexity index is 1230. The van der Waals surface area contributed by atoms with Gasteiger partial charge >= 0.3 is 0 Å². The fraction of sp³-hybridized carbons (Fsp3) is 0.304. The number of nitrogens with zero attached hydrogens (tertiary/aromatic N) is 5. The van der Waals surface area contributed by atoms with E-state index in [1.165, 1.54) is 18.6 Å². The van der Waals surface area contributed by atoms with E-state index < -0.39 is 5.82 Å². The van der Waals surface area contributed by atoms with Gasteiger partial charge in [-0.3, -0.25) is 4.79 Å². The maximum atomic E-state index is 14.7. The van der Waals surface area contributed by atoms with Gasteiger partial charge in [-0.25, -0.2) is 14.1 Å². The molecule has 8 heteroatoms. The number of nitrogens with one attached hydrogen (secondary N) is 1. The third-order valence-electron chi connectivity index (χ3n) is 6.03. The van der Waals surface area contributed by atoms with Crippen LogP contribution >= 0.6 is 0 Å². The fourth-order valence-corrected chi connectivity index (χ4v) is 4.44. The van der Waals surface area contributed by atoms with Gasteiger partial charge in [0.25, 0.3) is 5.91 Å². The minimum atomic E-state index is -0.530. The van der Waals surface area contributed by atoms with Crippen LogP contribution in [-0.4, -0.2) is 33.3 Å². The second-order valence-electron chi connectivity index (χ2n) is 7.96. The molecule has 5 rings (SSSR count). The van der Waals surface area contributed by atoms with Crippen LogP contribution in [0.5, 0.6) is 0 Å². The van der Waals surface area contributed by atoms with Crippen molar-refractivity contribution in [2.24, 2.45) is 0 Å². The number of carbonyl (C=O) groups excluding carboxylic acids is 1. The van der Waals surface area contributed by atoms with E-state index in [4.69, 9.17) is 5.10 Å². The number of amides is 1. The second kappa shape index (κ2) is 7.51. The van der Waals surface area contributed by atoms with Gasteiger partial charge in [-0.2, -0.15) is 10.4 Å². The number of aromatic nitrogens is 3. The molecule has 1 aromatic carbocycles. The summed E-state index contributed by atoms with van der Waals surface area (Å²) in [6.07, 6.45) is 5.27. The average molecular weight is 416 g/mol. The Morgan fingerprint density at radius 1 is 1.26 bits per heavy atom. The molecule has 1 fully saturated rings. The Labute approximate surface area is 179 Å². The van der Waals surface area contributed by atoms with E-state index in [2.05, 4.69) is 22.1 Å². The van der Waals surface area contributed by atoms with Crippen LogP contribution in [0.1, 0.15) is 47.8 Å². The number of fused-ring (bicyclic) bond motifs is 1. The molecular weight excluding hydrogens is 395 g/mol. The number of hydrogen-bond acceptors (Lipinski definition) is 5. The number of hydrogen-bond donors (Lipinski definition) is 1. The highest BCUT2D eigenvalue weighted by Gasteiger charge is 2.28. The number of rotatable bonds is 3. The lowest BCUT2D eigenvalue weighted by atomic mass is 10.0. The Morgan fingerprint density at radius 2 is 2.13 bits per heavy atom. The van der Waals surface area contributed by atoms with Crippen LogP contribution in [0.3, 0.4) is 0 Å². The van der Waals surface area contributed by atoms with Gasteiger partial charge in [0.15, 0.2) is 5.82 Å². The summed E-state index contributed by atoms with van der Waals surface area (Å²) in [5, 5.41) is 17.0. The molecule has 0 spiro atoms. The number of pyridine rings is 1. The molecule has 1 N–H and O–H groups in total. The fourth-order valence-electron chi connectivity index (χ4n) is 4.44. The minimum absolute atomic E-state index is 0.130. The number of benzene rings is 1. The summed E-state index contributed by atoms with van der Waals surface area (Å²) in [4.78, 5) is 19.3. The van der Waals surface area contributed by atoms with E-state index in [1.54, 1.807) is 16.8 Å². The van der Waals surface area contributed by atoms with E-state index in [1.807, 2.05) is 18.3 Å². The molecule has 1 amide bonds. The van der Waals surface area contributed by atoms with Crippen molar-refractivity contribution in [2.75, 3.05) is 11.4 Å². The maximum Gasteiger partial charge on any atom is 0.255 e. The first-order valence-electron chi connectivity index (χ1n) is 10.4. The van der Waals surface area contributed by atoms with Gasteiger partial charge in [-0.1, -0.05) is 6.07 Å². The molecule has 4 heterocycles. The Kier molecular flexibility index (Phi) is 4.66. The lowest BCUT2D eigenvalue weighted by Gasteiger charge is -2.33. The topological polar surface area (TPSA) is 86.8 Å². The van der Waals surface area contributed by atoms with E-state index in [0.717, 1.165) is 25.2 Å². The Balaban J connectivity index is 1.65. The van der Waals surface area contributed by atoms with E-state index >= 15 is 0 Å². The number of anilines is 1. The van der Waals surface area contributed by atoms with Crippen LogP contribution in [0.2, 0.25) is 0 Å². The van der Waals surface area contributed by atoms with Crippen molar-refractivity contribution in [1.82, 2.24) is 20.1 Å². The van der Waals surface area contributed by atoms with Crippen molar-refractivity contribution in [1.29, 1.82) is 5.26 Å². The number of halogens is 1. The third kappa shape index (κ3) is 3.22. The van der Waals surface area contributed by atoms with Crippen molar-refractivity contribution in [3.8, 4) is 23.0 Å². The summed E-state index contributed by atoms with van der Waals surface area (Å²) >= 11 is 0. The monoisotopic (exact) mass is 416 g/mol. The summed E-state index contributed by atoms with van der Waals surface area (Å²) in [6.45, 7) is 3.39. The molecule has 156 valence electrons. The molecule has 7 nitrogen and oxygen atoms in total. The van der Waals surface area contributed by atoms with Gasteiger partial charge in [0, 0.05) is 24.8 Å². The average Bonchev–Trinajstić information content (AvgIpc) is 3.40. The first-order chi connectivity index (χ1) is 15.1. The molecule has 3 aromatic rings. The van der Waals surface area contributed by atoms with Crippen molar-refractivity contribution in [3.63, 3.8) is 0 Å². The molecule has 0 radical (unpaired) electrons. The number of carbonyl (C=O) groups is 1. The zero-order chi connectivity index (χ0) is 21.5. The van der Waals surface area contributed by atoms with Gasteiger partial charge in [0.1, 0.15) is 5.82 Å². The molecule has 2 aliphatic heterocycles. The van der Waals surface area contributed by atoms with Crippen LogP contribution in [0.15, 0.2) is 36.5 Å². The van der Waals surface area contributed by atoms with E-state index in [9.17, 15) is 14.4 Å². The summed E-state index contributed by atoms with van der Waals surface area (Å²) < 4.78 is 16.3. The van der Waals surface area contributed by atoms with Gasteiger partial charge in [-0.05, 0) is 44.4 Å². The largest absolute Gasteiger partial charge is 0.352 e. The molecule has 2 aromatic heterocycles. The van der Waals surface area contributed by atoms with Gasteiger partial charge in [0.2, 0.25) is 0 Å². The predicted molar refractivity (Wildman–Crippen MR) is 113 cm³/mol. The maximum absolute atomic E-state index is 14.7. The van der Waals surface area contributed by atoms with Crippen LogP contribution in [-0.2, 0) is 6.54 Å². The lowest BCUT2D eigenvalue weighted by molar-refractivity contribution is 0.0965. The number of piperidine rings is 1. The molecule has 0 saturated carbocycles. The second-order valence-corrected chi connectivity index (χ2v) is 7.96. The highest BCUT2D eigenvalue weighted by molar-refractivity contribution is 6.01. The molecule has 1 unspecified atom stereocenters. The summed E-state index contributed by atoms with van der Waals surface area (Å²) in [6, 6.07) is 10.4. The molecular formula is C23H21FN6O. The first kappa shape index (κ1) is 19.2. The van der Waals surface area contributed by atoms with Gasteiger partial charge in [-0.15, -0.1) is 0 Å². The highest BCUT2D eigenvalue weighted by Crippen LogP contribution is 2.32. The van der Waals surface area contributed by atoms with Gasteiger partial charge < -0.3 is 10.2 Å². The molecule has 0 aliphatic carbocycles. The van der Waals surface area contributed by atoms with Crippen LogP contribution < -0.4 is 10.2 Å². The van der Waals surface area contributed by atoms with E-state index in [-0.39, 0.29) is 23.6 Å². The zero-order valence-electron chi connectivity index (χ0n) is 17.1. The van der Waals surface area contributed by atoms with Crippen molar-refractivity contribution in [3.05, 3.63) is 59.2 Å².